The number of fused-ring (bicyclic) bond motifs is 1. The van der Waals surface area contributed by atoms with Crippen molar-refractivity contribution in [2.45, 2.75) is 12.5 Å². The third-order valence-corrected chi connectivity index (χ3v) is 5.43. The Labute approximate surface area is 161 Å². The summed E-state index contributed by atoms with van der Waals surface area (Å²) in [5.41, 5.74) is 11.0. The van der Waals surface area contributed by atoms with Crippen molar-refractivity contribution in [1.29, 1.82) is 0 Å². The molecule has 0 spiro atoms. The van der Waals surface area contributed by atoms with E-state index in [2.05, 4.69) is 46.3 Å². The Morgan fingerprint density at radius 1 is 0.962 bits per heavy atom. The largest absolute Gasteiger partial charge is 0.496 e. The molecule has 0 saturated heterocycles. The lowest BCUT2D eigenvalue weighted by Gasteiger charge is -2.30. The molecule has 3 nitrogen and oxygen atoms in total. The van der Waals surface area contributed by atoms with Crippen molar-refractivity contribution in [2.24, 2.45) is 10.7 Å². The summed E-state index contributed by atoms with van der Waals surface area (Å²) in [5, 5.41) is 0. The number of amidine groups is 1. The molecule has 26 heavy (non-hydrogen) atoms. The van der Waals surface area contributed by atoms with Crippen LogP contribution in [0, 0.1) is 6.92 Å². The third-order valence-electron chi connectivity index (χ3n) is 4.94. The number of aliphatic imine (C=N–C) groups is 1. The monoisotopic (exact) mass is 406 g/mol. The third kappa shape index (κ3) is 2.44. The highest BCUT2D eigenvalue weighted by Gasteiger charge is 2.42. The SMILES string of the molecule is COc1ccc(C2(c3cccc(Br)c3)N=C(N)c3ccccc32)cc1C. The van der Waals surface area contributed by atoms with E-state index in [4.69, 9.17) is 15.5 Å². The number of ether oxygens (including phenoxy) is 1. The highest BCUT2D eigenvalue weighted by molar-refractivity contribution is 9.10. The molecule has 2 N–H and O–H groups in total. The zero-order valence-electron chi connectivity index (χ0n) is 14.7. The van der Waals surface area contributed by atoms with Crippen LogP contribution < -0.4 is 10.5 Å². The standard InChI is InChI=1S/C22H19BrN2O/c1-14-12-16(10-11-20(14)26-2)22(15-6-5-7-17(23)13-15)19-9-4-3-8-18(19)21(24)25-22/h3-13H,1-2H3,(H2,24,25). The lowest BCUT2D eigenvalue weighted by molar-refractivity contribution is 0.411. The minimum absolute atomic E-state index is 0.564. The summed E-state index contributed by atoms with van der Waals surface area (Å²) in [6, 6.07) is 22.6. The van der Waals surface area contributed by atoms with E-state index >= 15 is 0 Å². The Kier molecular flexibility index (Phi) is 4.08. The van der Waals surface area contributed by atoms with Gasteiger partial charge in [-0.1, -0.05) is 58.4 Å². The molecule has 0 aliphatic carbocycles. The Bertz CT molecular complexity index is 1030. The van der Waals surface area contributed by atoms with E-state index in [1.54, 1.807) is 7.11 Å². The molecule has 3 aromatic rings. The summed E-state index contributed by atoms with van der Waals surface area (Å²) in [6.07, 6.45) is 0. The van der Waals surface area contributed by atoms with Gasteiger partial charge in [0.1, 0.15) is 17.1 Å². The van der Waals surface area contributed by atoms with E-state index in [1.165, 1.54) is 0 Å². The van der Waals surface area contributed by atoms with Crippen molar-refractivity contribution in [1.82, 2.24) is 0 Å². The van der Waals surface area contributed by atoms with Crippen LogP contribution in [0.3, 0.4) is 0 Å². The average molecular weight is 407 g/mol. The average Bonchev–Trinajstić information content (AvgIpc) is 2.96. The Balaban J connectivity index is 2.06. The van der Waals surface area contributed by atoms with Crippen molar-refractivity contribution in [2.75, 3.05) is 7.11 Å². The highest BCUT2D eigenvalue weighted by atomic mass is 79.9. The predicted octanol–water partition coefficient (Wildman–Crippen LogP) is 4.78. The van der Waals surface area contributed by atoms with Crippen LogP contribution in [0.5, 0.6) is 5.75 Å². The smallest absolute Gasteiger partial charge is 0.139 e. The first-order valence-electron chi connectivity index (χ1n) is 8.42. The summed E-state index contributed by atoms with van der Waals surface area (Å²) >= 11 is 3.60. The van der Waals surface area contributed by atoms with Gasteiger partial charge in [0.05, 0.1) is 7.11 Å². The van der Waals surface area contributed by atoms with E-state index in [-0.39, 0.29) is 0 Å². The molecule has 4 heteroatoms. The molecule has 0 saturated carbocycles. The fraction of sp³-hybridized carbons (Fsp3) is 0.136. The van der Waals surface area contributed by atoms with Crippen LogP contribution in [0.25, 0.3) is 0 Å². The second kappa shape index (κ2) is 6.29. The maximum Gasteiger partial charge on any atom is 0.139 e. The molecular formula is C22H19BrN2O. The van der Waals surface area contributed by atoms with Gasteiger partial charge in [0.2, 0.25) is 0 Å². The van der Waals surface area contributed by atoms with Crippen LogP contribution in [0.15, 0.2) is 76.2 Å². The fourth-order valence-corrected chi connectivity index (χ4v) is 4.15. The van der Waals surface area contributed by atoms with Gasteiger partial charge in [-0.05, 0) is 53.4 Å². The summed E-state index contributed by atoms with van der Waals surface area (Å²) in [5.74, 6) is 1.43. The summed E-state index contributed by atoms with van der Waals surface area (Å²) in [6.45, 7) is 2.05. The number of halogens is 1. The van der Waals surface area contributed by atoms with E-state index in [9.17, 15) is 0 Å². The lowest BCUT2D eigenvalue weighted by atomic mass is 9.77. The zero-order chi connectivity index (χ0) is 18.3. The molecule has 4 rings (SSSR count). The number of aryl methyl sites for hydroxylation is 1. The number of benzene rings is 3. The van der Waals surface area contributed by atoms with Gasteiger partial charge < -0.3 is 10.5 Å². The van der Waals surface area contributed by atoms with Crippen molar-refractivity contribution in [3.63, 3.8) is 0 Å². The molecule has 0 radical (unpaired) electrons. The maximum atomic E-state index is 6.34. The molecular weight excluding hydrogens is 388 g/mol. The van der Waals surface area contributed by atoms with E-state index in [1.807, 2.05) is 43.3 Å². The van der Waals surface area contributed by atoms with Crippen LogP contribution in [0.4, 0.5) is 0 Å². The van der Waals surface area contributed by atoms with Crippen LogP contribution in [0.2, 0.25) is 0 Å². The number of hydrogen-bond acceptors (Lipinski definition) is 3. The molecule has 1 unspecified atom stereocenters. The van der Waals surface area contributed by atoms with Gasteiger partial charge in [0.25, 0.3) is 0 Å². The van der Waals surface area contributed by atoms with Crippen molar-refractivity contribution < 1.29 is 4.74 Å². The molecule has 1 aliphatic rings. The second-order valence-electron chi connectivity index (χ2n) is 6.45. The molecule has 130 valence electrons. The lowest BCUT2D eigenvalue weighted by Crippen LogP contribution is -2.25. The molecule has 1 aliphatic heterocycles. The molecule has 1 heterocycles. The van der Waals surface area contributed by atoms with Gasteiger partial charge >= 0.3 is 0 Å². The van der Waals surface area contributed by atoms with Gasteiger partial charge in [-0.3, -0.25) is 0 Å². The number of nitrogens with two attached hydrogens (primary N) is 1. The first-order chi connectivity index (χ1) is 12.6. The summed E-state index contributed by atoms with van der Waals surface area (Å²) in [4.78, 5) is 5.00. The van der Waals surface area contributed by atoms with Gasteiger partial charge in [0, 0.05) is 10.0 Å². The fourth-order valence-electron chi connectivity index (χ4n) is 3.75. The first-order valence-corrected chi connectivity index (χ1v) is 9.22. The zero-order valence-corrected chi connectivity index (χ0v) is 16.2. The van der Waals surface area contributed by atoms with Gasteiger partial charge in [-0.2, -0.15) is 0 Å². The van der Waals surface area contributed by atoms with Crippen LogP contribution in [0.1, 0.15) is 27.8 Å². The van der Waals surface area contributed by atoms with Crippen molar-refractivity contribution in [3.8, 4) is 5.75 Å². The van der Waals surface area contributed by atoms with Crippen molar-refractivity contribution in [3.05, 3.63) is 99.0 Å². The maximum absolute atomic E-state index is 6.34. The van der Waals surface area contributed by atoms with E-state index in [0.29, 0.717) is 5.84 Å². The quantitative estimate of drug-likeness (QED) is 0.680. The highest BCUT2D eigenvalue weighted by Crippen LogP contribution is 2.46. The summed E-state index contributed by atoms with van der Waals surface area (Å²) in [7, 11) is 1.69. The number of methoxy groups -OCH3 is 1. The van der Waals surface area contributed by atoms with Crippen LogP contribution in [-0.2, 0) is 5.54 Å². The molecule has 0 amide bonds. The number of rotatable bonds is 3. The van der Waals surface area contributed by atoms with Gasteiger partial charge in [0.15, 0.2) is 0 Å². The van der Waals surface area contributed by atoms with Crippen molar-refractivity contribution >= 4 is 21.8 Å². The molecule has 0 bridgehead atoms. The number of nitrogens with zero attached hydrogens (tertiary/aromatic N) is 1. The summed E-state index contributed by atoms with van der Waals surface area (Å²) < 4.78 is 6.45. The van der Waals surface area contributed by atoms with Gasteiger partial charge in [-0.25, -0.2) is 4.99 Å². The predicted molar refractivity (Wildman–Crippen MR) is 109 cm³/mol. The van der Waals surface area contributed by atoms with E-state index in [0.717, 1.165) is 38.0 Å². The van der Waals surface area contributed by atoms with Crippen LogP contribution >= 0.6 is 15.9 Å². The van der Waals surface area contributed by atoms with E-state index < -0.39 is 5.54 Å². The Hall–Kier alpha value is -2.59. The first kappa shape index (κ1) is 16.9. The number of hydrogen-bond donors (Lipinski definition) is 1. The topological polar surface area (TPSA) is 47.6 Å². The minimum atomic E-state index is -0.665. The normalized spacial score (nSPS) is 18.3. The van der Waals surface area contributed by atoms with Crippen LogP contribution in [-0.4, -0.2) is 12.9 Å². The Morgan fingerprint density at radius 3 is 2.46 bits per heavy atom. The molecule has 3 aromatic carbocycles. The minimum Gasteiger partial charge on any atom is -0.496 e. The van der Waals surface area contributed by atoms with Gasteiger partial charge in [-0.15, -0.1) is 0 Å². The Morgan fingerprint density at radius 2 is 1.73 bits per heavy atom. The molecule has 1 atom stereocenters. The molecule has 0 aromatic heterocycles. The molecule has 0 fully saturated rings. The second-order valence-corrected chi connectivity index (χ2v) is 7.36.